The van der Waals surface area contributed by atoms with Crippen molar-refractivity contribution in [3.8, 4) is 50.5 Å². The van der Waals surface area contributed by atoms with Crippen molar-refractivity contribution < 1.29 is 0 Å². The molecule has 0 saturated carbocycles. The maximum Gasteiger partial charge on any atom is 0.0979 e. The lowest BCUT2D eigenvalue weighted by atomic mass is 9.96. The zero-order valence-electron chi connectivity index (χ0n) is 29.9. The summed E-state index contributed by atoms with van der Waals surface area (Å²) in [5.74, 6) is 0. The first-order chi connectivity index (χ1) is 27.3. The summed E-state index contributed by atoms with van der Waals surface area (Å²) in [6, 6.07) is 71.5. The van der Waals surface area contributed by atoms with Gasteiger partial charge in [-0.25, -0.2) is 9.97 Å². The van der Waals surface area contributed by atoms with Gasteiger partial charge in [0.05, 0.1) is 39.1 Å². The summed E-state index contributed by atoms with van der Waals surface area (Å²) >= 11 is 0. The van der Waals surface area contributed by atoms with Crippen LogP contribution in [0.3, 0.4) is 0 Å². The Hall–Kier alpha value is -7.36. The van der Waals surface area contributed by atoms with Gasteiger partial charge in [0.15, 0.2) is 0 Å². The third-order valence-electron chi connectivity index (χ3n) is 11.0. The van der Waals surface area contributed by atoms with Gasteiger partial charge in [-0.15, -0.1) is 0 Å². The van der Waals surface area contributed by atoms with Crippen molar-refractivity contribution in [3.05, 3.63) is 200 Å². The molecule has 0 aliphatic rings. The number of para-hydroxylation sites is 2. The molecule has 0 N–H and O–H groups in total. The molecule has 0 amide bonds. The first kappa shape index (κ1) is 31.2. The van der Waals surface area contributed by atoms with Gasteiger partial charge >= 0.3 is 0 Å². The molecule has 2 heterocycles. The summed E-state index contributed by atoms with van der Waals surface area (Å²) in [5.41, 5.74) is 13.8. The van der Waals surface area contributed by atoms with Crippen LogP contribution in [0.1, 0.15) is 0 Å². The quantitative estimate of drug-likeness (QED) is 0.179. The van der Waals surface area contributed by atoms with Crippen molar-refractivity contribution in [1.82, 2.24) is 14.5 Å². The highest BCUT2D eigenvalue weighted by atomic mass is 15.0. The van der Waals surface area contributed by atoms with E-state index in [-0.39, 0.29) is 0 Å². The van der Waals surface area contributed by atoms with Crippen LogP contribution >= 0.6 is 0 Å². The zero-order chi connectivity index (χ0) is 36.3. The van der Waals surface area contributed by atoms with Gasteiger partial charge in [0.2, 0.25) is 0 Å². The van der Waals surface area contributed by atoms with E-state index in [0.717, 1.165) is 50.0 Å². The van der Waals surface area contributed by atoms with Gasteiger partial charge in [0.1, 0.15) is 0 Å². The highest BCUT2D eigenvalue weighted by molar-refractivity contribution is 6.19. The molecule has 0 aliphatic carbocycles. The standard InChI is InChI=1S/C52H33N3/c1-3-14-34(15-4-1)35-26-28-37(29-27-35)51-52(54-46-24-12-11-23-45(46)53-51)43-30-31-47(42-21-10-9-20-41(42)43)55-48-25-13-22-40(36-16-5-2-6-17-36)50(48)44-32-38-18-7-8-19-39(38)33-49(44)55/h1-33H. The molecule has 256 valence electrons. The van der Waals surface area contributed by atoms with E-state index in [9.17, 15) is 0 Å². The molecule has 55 heavy (non-hydrogen) atoms. The second-order valence-electron chi connectivity index (χ2n) is 14.1. The fourth-order valence-corrected chi connectivity index (χ4v) is 8.40. The van der Waals surface area contributed by atoms with E-state index in [1.807, 2.05) is 18.2 Å². The second-order valence-corrected chi connectivity index (χ2v) is 14.1. The normalized spacial score (nSPS) is 11.6. The number of aromatic nitrogens is 3. The molecule has 0 unspecified atom stereocenters. The molecule has 0 radical (unpaired) electrons. The van der Waals surface area contributed by atoms with E-state index in [4.69, 9.17) is 9.97 Å². The van der Waals surface area contributed by atoms with Crippen molar-refractivity contribution in [3.63, 3.8) is 0 Å². The van der Waals surface area contributed by atoms with Gasteiger partial charge in [-0.2, -0.15) is 0 Å². The molecule has 3 heteroatoms. The molecule has 9 aromatic carbocycles. The molecule has 0 saturated heterocycles. The Morgan fingerprint density at radius 1 is 0.327 bits per heavy atom. The van der Waals surface area contributed by atoms with Crippen molar-refractivity contribution in [1.29, 1.82) is 0 Å². The third-order valence-corrected chi connectivity index (χ3v) is 11.0. The third kappa shape index (κ3) is 5.13. The van der Waals surface area contributed by atoms with Crippen LogP contribution in [0.5, 0.6) is 0 Å². The maximum atomic E-state index is 5.35. The molecule has 0 atom stereocenters. The molecule has 0 aliphatic heterocycles. The summed E-state index contributed by atoms with van der Waals surface area (Å²) < 4.78 is 2.46. The SMILES string of the molecule is c1ccc(-c2ccc(-c3nc4ccccc4nc3-c3ccc(-n4c5cc6ccccc6cc5c5c(-c6ccccc6)cccc54)c4ccccc34)cc2)cc1. The Balaban J connectivity index is 1.17. The highest BCUT2D eigenvalue weighted by Gasteiger charge is 2.21. The summed E-state index contributed by atoms with van der Waals surface area (Å²) in [6.45, 7) is 0. The molecule has 11 aromatic rings. The van der Waals surface area contributed by atoms with Crippen LogP contribution in [-0.2, 0) is 0 Å². The highest BCUT2D eigenvalue weighted by Crippen LogP contribution is 2.43. The van der Waals surface area contributed by atoms with Crippen LogP contribution in [0.15, 0.2) is 200 Å². The smallest absolute Gasteiger partial charge is 0.0979 e. The Kier molecular flexibility index (Phi) is 7.17. The largest absolute Gasteiger partial charge is 0.309 e. The topological polar surface area (TPSA) is 30.7 Å². The minimum atomic E-state index is 0.868. The molecule has 2 aromatic heterocycles. The average molecular weight is 700 g/mol. The van der Waals surface area contributed by atoms with E-state index in [1.165, 1.54) is 54.8 Å². The van der Waals surface area contributed by atoms with E-state index in [2.05, 4.69) is 187 Å². The Morgan fingerprint density at radius 3 is 1.65 bits per heavy atom. The van der Waals surface area contributed by atoms with Crippen molar-refractivity contribution >= 4 is 54.4 Å². The fourth-order valence-electron chi connectivity index (χ4n) is 8.40. The molecular weight excluding hydrogens is 667 g/mol. The molecule has 3 nitrogen and oxygen atoms in total. The molecule has 0 bridgehead atoms. The number of nitrogens with zero attached hydrogens (tertiary/aromatic N) is 3. The number of hydrogen-bond acceptors (Lipinski definition) is 2. The summed E-state index contributed by atoms with van der Waals surface area (Å²) in [6.07, 6.45) is 0. The summed E-state index contributed by atoms with van der Waals surface area (Å²) in [5, 5.41) is 7.22. The molecule has 11 rings (SSSR count). The minimum Gasteiger partial charge on any atom is -0.309 e. The van der Waals surface area contributed by atoms with E-state index in [1.54, 1.807) is 0 Å². The van der Waals surface area contributed by atoms with Crippen LogP contribution in [0, 0.1) is 0 Å². The molecular formula is C52H33N3. The first-order valence-electron chi connectivity index (χ1n) is 18.7. The molecule has 0 fully saturated rings. The monoisotopic (exact) mass is 699 g/mol. The number of hydrogen-bond donors (Lipinski definition) is 0. The predicted octanol–water partition coefficient (Wildman–Crippen LogP) is 13.7. The summed E-state index contributed by atoms with van der Waals surface area (Å²) in [4.78, 5) is 10.6. The molecule has 0 spiro atoms. The Morgan fingerprint density at radius 2 is 0.909 bits per heavy atom. The summed E-state index contributed by atoms with van der Waals surface area (Å²) in [7, 11) is 0. The van der Waals surface area contributed by atoms with E-state index < -0.39 is 0 Å². The van der Waals surface area contributed by atoms with Gasteiger partial charge < -0.3 is 4.57 Å². The first-order valence-corrected chi connectivity index (χ1v) is 18.7. The number of fused-ring (bicyclic) bond motifs is 6. The Bertz CT molecular complexity index is 3230. The van der Waals surface area contributed by atoms with Gasteiger partial charge in [0.25, 0.3) is 0 Å². The second kappa shape index (κ2) is 12.6. The maximum absolute atomic E-state index is 5.35. The average Bonchev–Trinajstić information content (AvgIpc) is 3.58. The van der Waals surface area contributed by atoms with Crippen molar-refractivity contribution in [2.45, 2.75) is 0 Å². The van der Waals surface area contributed by atoms with Crippen LogP contribution < -0.4 is 0 Å². The fraction of sp³-hybridized carbons (Fsp3) is 0. The lowest BCUT2D eigenvalue weighted by Crippen LogP contribution is -1.99. The van der Waals surface area contributed by atoms with Gasteiger partial charge in [0, 0.05) is 27.3 Å². The lowest BCUT2D eigenvalue weighted by Gasteiger charge is -2.17. The zero-order valence-corrected chi connectivity index (χ0v) is 29.9. The van der Waals surface area contributed by atoms with Crippen LogP contribution in [-0.4, -0.2) is 14.5 Å². The minimum absolute atomic E-state index is 0.868. The van der Waals surface area contributed by atoms with Gasteiger partial charge in [-0.1, -0.05) is 158 Å². The van der Waals surface area contributed by atoms with Crippen LogP contribution in [0.4, 0.5) is 0 Å². The van der Waals surface area contributed by atoms with E-state index in [0.29, 0.717) is 0 Å². The Labute approximate surface area is 318 Å². The van der Waals surface area contributed by atoms with Gasteiger partial charge in [-0.05, 0) is 80.9 Å². The number of rotatable bonds is 5. The van der Waals surface area contributed by atoms with E-state index >= 15 is 0 Å². The number of benzene rings is 9. The van der Waals surface area contributed by atoms with Crippen LogP contribution in [0.2, 0.25) is 0 Å². The van der Waals surface area contributed by atoms with Crippen molar-refractivity contribution in [2.75, 3.05) is 0 Å². The van der Waals surface area contributed by atoms with Gasteiger partial charge in [-0.3, -0.25) is 0 Å². The van der Waals surface area contributed by atoms with Crippen LogP contribution in [0.25, 0.3) is 105 Å². The lowest BCUT2D eigenvalue weighted by molar-refractivity contribution is 1.20. The van der Waals surface area contributed by atoms with Crippen molar-refractivity contribution in [2.24, 2.45) is 0 Å². The predicted molar refractivity (Wildman–Crippen MR) is 231 cm³/mol.